The number of piperazine rings is 1. The Balaban J connectivity index is 1.40. The van der Waals surface area contributed by atoms with Gasteiger partial charge in [-0.2, -0.15) is 0 Å². The molecule has 0 bridgehead atoms. The standard InChI is InChI=1S/C17H28N4OS/c1-2-5-16-18-15(14-23-16)12-19-8-10-20(11-9-19)13-17(22)21-6-3-4-7-21/h14H,2-13H2,1H3. The highest BCUT2D eigenvalue weighted by Crippen LogP contribution is 2.15. The van der Waals surface area contributed by atoms with Crippen molar-refractivity contribution < 1.29 is 4.79 Å². The maximum absolute atomic E-state index is 12.2. The SMILES string of the molecule is CCCc1nc(CN2CCN(CC(=O)N3CCCC3)CC2)cs1. The minimum atomic E-state index is 0.319. The summed E-state index contributed by atoms with van der Waals surface area (Å²) in [7, 11) is 0. The van der Waals surface area contributed by atoms with Crippen LogP contribution in [0.3, 0.4) is 0 Å². The van der Waals surface area contributed by atoms with Crippen molar-refractivity contribution in [1.29, 1.82) is 0 Å². The van der Waals surface area contributed by atoms with Crippen LogP contribution in [0.2, 0.25) is 0 Å². The normalized spacial score (nSPS) is 20.3. The van der Waals surface area contributed by atoms with Crippen LogP contribution in [0.1, 0.15) is 36.9 Å². The highest BCUT2D eigenvalue weighted by Gasteiger charge is 2.23. The molecule has 128 valence electrons. The fourth-order valence-electron chi connectivity index (χ4n) is 3.34. The second-order valence-corrected chi connectivity index (χ2v) is 7.57. The number of amides is 1. The number of aryl methyl sites for hydroxylation is 1. The van der Waals surface area contributed by atoms with Gasteiger partial charge in [0.2, 0.25) is 5.91 Å². The smallest absolute Gasteiger partial charge is 0.236 e. The summed E-state index contributed by atoms with van der Waals surface area (Å²) in [6.45, 7) is 9.73. The molecule has 0 spiro atoms. The molecule has 6 heteroatoms. The topological polar surface area (TPSA) is 39.7 Å². The van der Waals surface area contributed by atoms with E-state index >= 15 is 0 Å². The van der Waals surface area contributed by atoms with Crippen molar-refractivity contribution in [2.45, 2.75) is 39.2 Å². The van der Waals surface area contributed by atoms with Gasteiger partial charge in [-0.25, -0.2) is 4.98 Å². The van der Waals surface area contributed by atoms with E-state index in [-0.39, 0.29) is 0 Å². The lowest BCUT2D eigenvalue weighted by Gasteiger charge is -2.34. The zero-order valence-electron chi connectivity index (χ0n) is 14.2. The van der Waals surface area contributed by atoms with Gasteiger partial charge in [-0.3, -0.25) is 14.6 Å². The largest absolute Gasteiger partial charge is 0.342 e. The van der Waals surface area contributed by atoms with Gasteiger partial charge in [0, 0.05) is 51.2 Å². The first-order chi connectivity index (χ1) is 11.2. The number of aromatic nitrogens is 1. The molecule has 0 unspecified atom stereocenters. The molecule has 2 aliphatic rings. The Hall–Kier alpha value is -0.980. The van der Waals surface area contributed by atoms with Crippen molar-refractivity contribution in [3.05, 3.63) is 16.1 Å². The molecule has 1 aromatic rings. The van der Waals surface area contributed by atoms with Crippen LogP contribution in [0.4, 0.5) is 0 Å². The number of thiazole rings is 1. The average Bonchev–Trinajstić information content (AvgIpc) is 3.22. The maximum Gasteiger partial charge on any atom is 0.236 e. The zero-order valence-corrected chi connectivity index (χ0v) is 15.0. The Labute approximate surface area is 143 Å². The summed E-state index contributed by atoms with van der Waals surface area (Å²) in [4.78, 5) is 23.7. The second kappa shape index (κ2) is 8.22. The van der Waals surface area contributed by atoms with Gasteiger partial charge < -0.3 is 4.90 Å². The lowest BCUT2D eigenvalue weighted by Crippen LogP contribution is -2.49. The Morgan fingerprint density at radius 2 is 1.83 bits per heavy atom. The first-order valence-corrected chi connectivity index (χ1v) is 9.78. The van der Waals surface area contributed by atoms with Crippen molar-refractivity contribution in [2.75, 3.05) is 45.8 Å². The number of carbonyl (C=O) groups excluding carboxylic acids is 1. The predicted molar refractivity (Wildman–Crippen MR) is 93.6 cm³/mol. The monoisotopic (exact) mass is 336 g/mol. The van der Waals surface area contributed by atoms with Crippen LogP contribution in [-0.4, -0.2) is 71.4 Å². The van der Waals surface area contributed by atoms with Crippen LogP contribution in [-0.2, 0) is 17.8 Å². The number of hydrogen-bond donors (Lipinski definition) is 0. The lowest BCUT2D eigenvalue weighted by atomic mass is 10.3. The van der Waals surface area contributed by atoms with E-state index in [9.17, 15) is 4.79 Å². The molecular formula is C17H28N4OS. The van der Waals surface area contributed by atoms with Crippen LogP contribution >= 0.6 is 11.3 Å². The summed E-state index contributed by atoms with van der Waals surface area (Å²) in [6, 6.07) is 0. The number of nitrogens with zero attached hydrogens (tertiary/aromatic N) is 4. The number of rotatable bonds is 6. The molecule has 0 N–H and O–H groups in total. The summed E-state index contributed by atoms with van der Waals surface area (Å²) < 4.78 is 0. The average molecular weight is 337 g/mol. The number of likely N-dealkylation sites (tertiary alicyclic amines) is 1. The molecule has 0 aliphatic carbocycles. The lowest BCUT2D eigenvalue weighted by molar-refractivity contribution is -0.131. The van der Waals surface area contributed by atoms with Crippen LogP contribution in [0.15, 0.2) is 5.38 Å². The van der Waals surface area contributed by atoms with E-state index in [1.807, 2.05) is 4.90 Å². The van der Waals surface area contributed by atoms with E-state index < -0.39 is 0 Å². The molecule has 0 saturated carbocycles. The second-order valence-electron chi connectivity index (χ2n) is 6.62. The molecule has 0 aromatic carbocycles. The van der Waals surface area contributed by atoms with E-state index in [1.54, 1.807) is 11.3 Å². The van der Waals surface area contributed by atoms with Gasteiger partial charge in [-0.05, 0) is 25.7 Å². The molecule has 2 fully saturated rings. The molecule has 5 nitrogen and oxygen atoms in total. The van der Waals surface area contributed by atoms with E-state index in [0.29, 0.717) is 12.5 Å². The van der Waals surface area contributed by atoms with Crippen molar-refractivity contribution in [1.82, 2.24) is 19.7 Å². The zero-order chi connectivity index (χ0) is 16.1. The van der Waals surface area contributed by atoms with Crippen LogP contribution in [0.5, 0.6) is 0 Å². The van der Waals surface area contributed by atoms with Crippen LogP contribution < -0.4 is 0 Å². The third-order valence-corrected chi connectivity index (χ3v) is 5.69. The molecular weight excluding hydrogens is 308 g/mol. The molecule has 0 atom stereocenters. The molecule has 23 heavy (non-hydrogen) atoms. The van der Waals surface area contributed by atoms with Crippen molar-refractivity contribution >= 4 is 17.2 Å². The van der Waals surface area contributed by atoms with Gasteiger partial charge >= 0.3 is 0 Å². The highest BCUT2D eigenvalue weighted by molar-refractivity contribution is 7.09. The molecule has 3 rings (SSSR count). The van der Waals surface area contributed by atoms with Crippen molar-refractivity contribution in [2.24, 2.45) is 0 Å². The third-order valence-electron chi connectivity index (χ3n) is 4.73. The summed E-state index contributed by atoms with van der Waals surface area (Å²) in [5.74, 6) is 0.319. The number of carbonyl (C=O) groups is 1. The Bertz CT molecular complexity index is 504. The van der Waals surface area contributed by atoms with E-state index in [4.69, 9.17) is 4.98 Å². The van der Waals surface area contributed by atoms with E-state index in [1.165, 1.54) is 23.5 Å². The molecule has 3 heterocycles. The first-order valence-electron chi connectivity index (χ1n) is 8.90. The minimum absolute atomic E-state index is 0.319. The summed E-state index contributed by atoms with van der Waals surface area (Å²) in [6.07, 6.45) is 4.61. The Morgan fingerprint density at radius 1 is 1.13 bits per heavy atom. The van der Waals surface area contributed by atoms with Gasteiger partial charge in [0.25, 0.3) is 0 Å². The van der Waals surface area contributed by atoms with Crippen LogP contribution in [0.25, 0.3) is 0 Å². The summed E-state index contributed by atoms with van der Waals surface area (Å²) in [5, 5.41) is 3.46. The quantitative estimate of drug-likeness (QED) is 0.795. The first kappa shape index (κ1) is 16.9. The van der Waals surface area contributed by atoms with E-state index in [0.717, 1.165) is 58.7 Å². The molecule has 1 amide bonds. The van der Waals surface area contributed by atoms with Gasteiger partial charge in [0.1, 0.15) is 0 Å². The molecule has 2 saturated heterocycles. The fourth-order valence-corrected chi connectivity index (χ4v) is 4.23. The summed E-state index contributed by atoms with van der Waals surface area (Å²) in [5.41, 5.74) is 1.21. The van der Waals surface area contributed by atoms with Crippen molar-refractivity contribution in [3.63, 3.8) is 0 Å². The molecule has 1 aromatic heterocycles. The number of hydrogen-bond acceptors (Lipinski definition) is 5. The van der Waals surface area contributed by atoms with Gasteiger partial charge in [-0.1, -0.05) is 6.92 Å². The maximum atomic E-state index is 12.2. The van der Waals surface area contributed by atoms with E-state index in [2.05, 4.69) is 22.1 Å². The van der Waals surface area contributed by atoms with Gasteiger partial charge in [0.15, 0.2) is 0 Å². The van der Waals surface area contributed by atoms with Crippen LogP contribution in [0, 0.1) is 0 Å². The highest BCUT2D eigenvalue weighted by atomic mass is 32.1. The molecule has 0 radical (unpaired) electrons. The van der Waals surface area contributed by atoms with Gasteiger partial charge in [-0.15, -0.1) is 11.3 Å². The minimum Gasteiger partial charge on any atom is -0.342 e. The van der Waals surface area contributed by atoms with Crippen molar-refractivity contribution in [3.8, 4) is 0 Å². The summed E-state index contributed by atoms with van der Waals surface area (Å²) >= 11 is 1.79. The Morgan fingerprint density at radius 3 is 2.52 bits per heavy atom. The Kier molecular flexibility index (Phi) is 6.02. The predicted octanol–water partition coefficient (Wildman–Crippen LogP) is 1.84. The van der Waals surface area contributed by atoms with Gasteiger partial charge in [0.05, 0.1) is 17.2 Å². The third kappa shape index (κ3) is 4.75. The fraction of sp³-hybridized carbons (Fsp3) is 0.765. The molecule has 2 aliphatic heterocycles.